The molecule has 0 aliphatic rings. The van der Waals surface area contributed by atoms with Gasteiger partial charge in [0.1, 0.15) is 5.69 Å². The molecule has 15 heavy (non-hydrogen) atoms. The van der Waals surface area contributed by atoms with Gasteiger partial charge in [-0.25, -0.2) is 4.79 Å². The van der Waals surface area contributed by atoms with Gasteiger partial charge in [0.15, 0.2) is 0 Å². The molecule has 0 aliphatic heterocycles. The summed E-state index contributed by atoms with van der Waals surface area (Å²) in [6.07, 6.45) is 1.82. The number of carbonyl (C=O) groups is 1. The van der Waals surface area contributed by atoms with Crippen molar-refractivity contribution in [3.05, 3.63) is 48.3 Å². The normalized spacial score (nSPS) is 10.2. The highest BCUT2D eigenvalue weighted by Gasteiger charge is 2.10. The number of nitrogens with zero attached hydrogens (tertiary/aromatic N) is 1. The summed E-state index contributed by atoms with van der Waals surface area (Å²) in [5.41, 5.74) is 2.25. The summed E-state index contributed by atoms with van der Waals surface area (Å²) in [5.74, 6) is -0.903. The Morgan fingerprint density at radius 1 is 1.20 bits per heavy atom. The zero-order valence-corrected chi connectivity index (χ0v) is 8.34. The number of aryl methyl sites for hydroxylation is 1. The van der Waals surface area contributed by atoms with E-state index >= 15 is 0 Å². The Bertz CT molecular complexity index is 486. The van der Waals surface area contributed by atoms with E-state index in [9.17, 15) is 4.79 Å². The van der Waals surface area contributed by atoms with E-state index in [2.05, 4.69) is 0 Å². The lowest BCUT2D eigenvalue weighted by Gasteiger charge is -1.94. The van der Waals surface area contributed by atoms with Gasteiger partial charge in [0.2, 0.25) is 0 Å². The molecule has 2 aromatic rings. The van der Waals surface area contributed by atoms with Crippen LogP contribution < -0.4 is 0 Å². The van der Waals surface area contributed by atoms with Crippen LogP contribution in [0.1, 0.15) is 10.5 Å². The summed E-state index contributed by atoms with van der Waals surface area (Å²) >= 11 is 0. The highest BCUT2D eigenvalue weighted by atomic mass is 16.4. The van der Waals surface area contributed by atoms with E-state index in [4.69, 9.17) is 5.11 Å². The Hall–Kier alpha value is -2.03. The molecule has 1 aromatic carbocycles. The molecule has 0 spiro atoms. The Kier molecular flexibility index (Phi) is 2.29. The molecule has 1 aromatic heterocycles. The second-order valence-electron chi connectivity index (χ2n) is 3.40. The van der Waals surface area contributed by atoms with Gasteiger partial charge in [0.05, 0.1) is 0 Å². The third-order valence-electron chi connectivity index (χ3n) is 2.33. The Morgan fingerprint density at radius 3 is 2.40 bits per heavy atom. The van der Waals surface area contributed by atoms with Gasteiger partial charge in [-0.2, -0.15) is 0 Å². The number of rotatable bonds is 2. The number of carboxylic acids is 1. The summed E-state index contributed by atoms with van der Waals surface area (Å²) < 4.78 is 1.62. The van der Waals surface area contributed by atoms with Crippen molar-refractivity contribution in [1.82, 2.24) is 4.57 Å². The lowest BCUT2D eigenvalue weighted by Crippen LogP contribution is -2.02. The van der Waals surface area contributed by atoms with E-state index in [-0.39, 0.29) is 0 Å². The second-order valence-corrected chi connectivity index (χ2v) is 3.40. The van der Waals surface area contributed by atoms with Crippen molar-refractivity contribution in [2.75, 3.05) is 0 Å². The van der Waals surface area contributed by atoms with Gasteiger partial charge < -0.3 is 9.67 Å². The number of carboxylic acid groups (broad SMARTS) is 1. The molecule has 3 heteroatoms. The maximum atomic E-state index is 10.8. The number of aromatic nitrogens is 1. The van der Waals surface area contributed by atoms with E-state index in [1.165, 1.54) is 0 Å². The fourth-order valence-electron chi connectivity index (χ4n) is 1.57. The average Bonchev–Trinajstić information content (AvgIpc) is 2.62. The topological polar surface area (TPSA) is 42.2 Å². The maximum absolute atomic E-state index is 10.8. The molecule has 0 aliphatic carbocycles. The molecule has 0 radical (unpaired) electrons. The van der Waals surface area contributed by atoms with Crippen LogP contribution in [-0.2, 0) is 7.05 Å². The molecular formula is C12H11NO2. The molecule has 76 valence electrons. The highest BCUT2D eigenvalue weighted by molar-refractivity contribution is 5.88. The molecule has 0 amide bonds. The summed E-state index contributed by atoms with van der Waals surface area (Å²) in [6, 6.07) is 11.4. The van der Waals surface area contributed by atoms with E-state index < -0.39 is 5.97 Å². The van der Waals surface area contributed by atoms with Crippen molar-refractivity contribution in [3.8, 4) is 11.1 Å². The molecule has 1 heterocycles. The molecule has 0 bridgehead atoms. The van der Waals surface area contributed by atoms with Crippen LogP contribution in [-0.4, -0.2) is 15.6 Å². The SMILES string of the molecule is Cn1cc(-c2ccccc2)cc1C(=O)O. The Labute approximate surface area is 87.6 Å². The standard InChI is InChI=1S/C12H11NO2/c1-13-8-10(7-11(13)12(14)15)9-5-3-2-4-6-9/h2-8H,1H3,(H,14,15). The number of benzene rings is 1. The van der Waals surface area contributed by atoms with Crippen LogP contribution in [0.4, 0.5) is 0 Å². The van der Waals surface area contributed by atoms with Gasteiger partial charge in [-0.3, -0.25) is 0 Å². The molecule has 0 saturated carbocycles. The minimum atomic E-state index is -0.903. The van der Waals surface area contributed by atoms with Crippen LogP contribution >= 0.6 is 0 Å². The molecule has 2 rings (SSSR count). The van der Waals surface area contributed by atoms with Crippen molar-refractivity contribution in [2.24, 2.45) is 7.05 Å². The summed E-state index contributed by atoms with van der Waals surface area (Å²) in [6.45, 7) is 0. The summed E-state index contributed by atoms with van der Waals surface area (Å²) in [4.78, 5) is 10.8. The van der Waals surface area contributed by atoms with Crippen LogP contribution in [0.25, 0.3) is 11.1 Å². The number of hydrogen-bond acceptors (Lipinski definition) is 1. The third-order valence-corrected chi connectivity index (χ3v) is 2.33. The van der Waals surface area contributed by atoms with Crippen LogP contribution in [0, 0.1) is 0 Å². The van der Waals surface area contributed by atoms with Crippen molar-refractivity contribution in [1.29, 1.82) is 0 Å². The van der Waals surface area contributed by atoms with Crippen LogP contribution in [0.3, 0.4) is 0 Å². The average molecular weight is 201 g/mol. The first-order valence-electron chi connectivity index (χ1n) is 4.63. The monoisotopic (exact) mass is 201 g/mol. The number of hydrogen-bond donors (Lipinski definition) is 1. The number of aromatic carboxylic acids is 1. The highest BCUT2D eigenvalue weighted by Crippen LogP contribution is 2.21. The van der Waals surface area contributed by atoms with E-state index in [0.717, 1.165) is 11.1 Å². The van der Waals surface area contributed by atoms with Crippen molar-refractivity contribution >= 4 is 5.97 Å². The minimum Gasteiger partial charge on any atom is -0.477 e. The molecule has 0 unspecified atom stereocenters. The smallest absolute Gasteiger partial charge is 0.352 e. The van der Waals surface area contributed by atoms with Crippen molar-refractivity contribution in [2.45, 2.75) is 0 Å². The minimum absolute atomic E-state index is 0.300. The molecule has 0 atom stereocenters. The fraction of sp³-hybridized carbons (Fsp3) is 0.0833. The molecular weight excluding hydrogens is 190 g/mol. The second kappa shape index (κ2) is 3.61. The van der Waals surface area contributed by atoms with Crippen molar-refractivity contribution in [3.63, 3.8) is 0 Å². The van der Waals surface area contributed by atoms with Gasteiger partial charge in [0, 0.05) is 18.8 Å². The van der Waals surface area contributed by atoms with Crippen LogP contribution in [0.2, 0.25) is 0 Å². The zero-order valence-electron chi connectivity index (χ0n) is 8.34. The van der Waals surface area contributed by atoms with Gasteiger partial charge in [-0.15, -0.1) is 0 Å². The van der Waals surface area contributed by atoms with Crippen molar-refractivity contribution < 1.29 is 9.90 Å². The quantitative estimate of drug-likeness (QED) is 0.810. The lowest BCUT2D eigenvalue weighted by atomic mass is 10.1. The lowest BCUT2D eigenvalue weighted by molar-refractivity contribution is 0.0686. The van der Waals surface area contributed by atoms with Gasteiger partial charge in [-0.1, -0.05) is 30.3 Å². The molecule has 0 saturated heterocycles. The molecule has 3 nitrogen and oxygen atoms in total. The first-order chi connectivity index (χ1) is 7.18. The maximum Gasteiger partial charge on any atom is 0.352 e. The summed E-state index contributed by atoms with van der Waals surface area (Å²) in [7, 11) is 1.73. The molecule has 1 N–H and O–H groups in total. The predicted octanol–water partition coefficient (Wildman–Crippen LogP) is 2.39. The fourth-order valence-corrected chi connectivity index (χ4v) is 1.57. The first-order valence-corrected chi connectivity index (χ1v) is 4.63. The van der Waals surface area contributed by atoms with E-state index in [1.807, 2.05) is 36.5 Å². The Balaban J connectivity index is 2.48. The predicted molar refractivity (Wildman–Crippen MR) is 57.8 cm³/mol. The van der Waals surface area contributed by atoms with E-state index in [1.54, 1.807) is 17.7 Å². The largest absolute Gasteiger partial charge is 0.477 e. The Morgan fingerprint density at radius 2 is 1.87 bits per heavy atom. The molecule has 0 fully saturated rings. The third kappa shape index (κ3) is 1.76. The van der Waals surface area contributed by atoms with Gasteiger partial charge in [0.25, 0.3) is 0 Å². The first kappa shape index (κ1) is 9.52. The van der Waals surface area contributed by atoms with Gasteiger partial charge >= 0.3 is 5.97 Å². The van der Waals surface area contributed by atoms with Crippen LogP contribution in [0.15, 0.2) is 42.6 Å². The van der Waals surface area contributed by atoms with Gasteiger partial charge in [-0.05, 0) is 11.6 Å². The summed E-state index contributed by atoms with van der Waals surface area (Å²) in [5, 5.41) is 8.91. The van der Waals surface area contributed by atoms with E-state index in [0.29, 0.717) is 5.69 Å². The van der Waals surface area contributed by atoms with Crippen LogP contribution in [0.5, 0.6) is 0 Å². The zero-order chi connectivity index (χ0) is 10.8.